The first kappa shape index (κ1) is 22.6. The van der Waals surface area contributed by atoms with Gasteiger partial charge in [0.25, 0.3) is 11.8 Å². The van der Waals surface area contributed by atoms with Gasteiger partial charge in [-0.25, -0.2) is 14.4 Å². The summed E-state index contributed by atoms with van der Waals surface area (Å²) in [6.07, 6.45) is 3.16. The molecule has 170 valence electrons. The molecule has 1 heterocycles. The van der Waals surface area contributed by atoms with E-state index in [1.807, 2.05) is 6.92 Å². The van der Waals surface area contributed by atoms with Crippen LogP contribution < -0.4 is 15.4 Å². The Kier molecular flexibility index (Phi) is 6.59. The summed E-state index contributed by atoms with van der Waals surface area (Å²) in [6.45, 7) is 3.63. The zero-order valence-corrected chi connectivity index (χ0v) is 18.5. The summed E-state index contributed by atoms with van der Waals surface area (Å²) in [5.74, 6) is -1.03. The molecule has 0 aliphatic heterocycles. The molecular formula is C26H21FN4O3. The second kappa shape index (κ2) is 9.91. The van der Waals surface area contributed by atoms with Crippen LogP contribution in [-0.4, -0.2) is 21.8 Å². The maximum absolute atomic E-state index is 13.9. The lowest BCUT2D eigenvalue weighted by atomic mass is 10.1. The molecule has 0 unspecified atom stereocenters. The van der Waals surface area contributed by atoms with Crippen LogP contribution in [0.1, 0.15) is 31.8 Å². The van der Waals surface area contributed by atoms with E-state index < -0.39 is 11.7 Å². The van der Waals surface area contributed by atoms with Crippen LogP contribution >= 0.6 is 0 Å². The molecule has 0 bridgehead atoms. The van der Waals surface area contributed by atoms with E-state index in [4.69, 9.17) is 4.74 Å². The number of carbonyl (C=O) groups excluding carboxylic acids is 2. The monoisotopic (exact) mass is 456 g/mol. The van der Waals surface area contributed by atoms with Gasteiger partial charge in [-0.2, -0.15) is 0 Å². The molecule has 0 fully saturated rings. The first-order valence-corrected chi connectivity index (χ1v) is 10.4. The molecule has 3 aromatic carbocycles. The molecule has 4 rings (SSSR count). The number of anilines is 2. The molecule has 1 aromatic heterocycles. The Morgan fingerprint density at radius 1 is 0.794 bits per heavy atom. The Hall–Kier alpha value is -4.59. The van der Waals surface area contributed by atoms with Gasteiger partial charge in [-0.3, -0.25) is 9.59 Å². The van der Waals surface area contributed by atoms with E-state index in [1.54, 1.807) is 67.8 Å². The average molecular weight is 456 g/mol. The Balaban J connectivity index is 1.48. The van der Waals surface area contributed by atoms with Gasteiger partial charge < -0.3 is 15.4 Å². The number of halogens is 1. The first-order chi connectivity index (χ1) is 16.4. The number of aryl methyl sites for hydroxylation is 2. The molecule has 0 aliphatic carbocycles. The second-order valence-electron chi connectivity index (χ2n) is 7.53. The third-order valence-corrected chi connectivity index (χ3v) is 5.06. The molecule has 0 saturated carbocycles. The zero-order valence-electron chi connectivity index (χ0n) is 18.5. The molecule has 8 heteroatoms. The summed E-state index contributed by atoms with van der Waals surface area (Å²) in [5, 5.41) is 5.54. The van der Waals surface area contributed by atoms with Crippen LogP contribution in [0.3, 0.4) is 0 Å². The molecule has 7 nitrogen and oxygen atoms in total. The largest absolute Gasteiger partial charge is 0.424 e. The molecule has 4 aromatic rings. The van der Waals surface area contributed by atoms with Crippen LogP contribution in [0, 0.1) is 19.7 Å². The number of rotatable bonds is 6. The second-order valence-corrected chi connectivity index (χ2v) is 7.53. The van der Waals surface area contributed by atoms with E-state index in [0.717, 1.165) is 11.1 Å². The summed E-state index contributed by atoms with van der Waals surface area (Å²) in [7, 11) is 0. The van der Waals surface area contributed by atoms with Gasteiger partial charge in [-0.15, -0.1) is 0 Å². The van der Waals surface area contributed by atoms with Gasteiger partial charge in [-0.05, 0) is 73.5 Å². The van der Waals surface area contributed by atoms with E-state index in [1.165, 1.54) is 18.2 Å². The molecule has 2 amide bonds. The maximum Gasteiger partial charge on any atom is 0.321 e. The number of nitrogens with zero attached hydrogens (tertiary/aromatic N) is 2. The normalized spacial score (nSPS) is 10.4. The van der Waals surface area contributed by atoms with E-state index >= 15 is 0 Å². The number of hydrogen-bond acceptors (Lipinski definition) is 5. The van der Waals surface area contributed by atoms with Gasteiger partial charge in [-0.1, -0.05) is 18.2 Å². The molecule has 0 saturated heterocycles. The fraction of sp³-hybridized carbons (Fsp3) is 0.0769. The number of amides is 2. The summed E-state index contributed by atoms with van der Waals surface area (Å²) >= 11 is 0. The highest BCUT2D eigenvalue weighted by Crippen LogP contribution is 2.25. The smallest absolute Gasteiger partial charge is 0.321 e. The van der Waals surface area contributed by atoms with Crippen molar-refractivity contribution in [1.29, 1.82) is 0 Å². The topological polar surface area (TPSA) is 93.2 Å². The van der Waals surface area contributed by atoms with Crippen LogP contribution in [0.2, 0.25) is 0 Å². The molecular weight excluding hydrogens is 435 g/mol. The highest BCUT2D eigenvalue weighted by atomic mass is 19.1. The van der Waals surface area contributed by atoms with E-state index in [9.17, 15) is 14.0 Å². The van der Waals surface area contributed by atoms with Crippen LogP contribution in [0.15, 0.2) is 79.1 Å². The van der Waals surface area contributed by atoms with Crippen molar-refractivity contribution in [2.45, 2.75) is 13.8 Å². The zero-order chi connectivity index (χ0) is 24.1. The van der Waals surface area contributed by atoms with Crippen molar-refractivity contribution >= 4 is 23.2 Å². The summed E-state index contributed by atoms with van der Waals surface area (Å²) in [4.78, 5) is 33.4. The van der Waals surface area contributed by atoms with Crippen molar-refractivity contribution in [3.05, 3.63) is 107 Å². The fourth-order valence-corrected chi connectivity index (χ4v) is 3.21. The van der Waals surface area contributed by atoms with E-state index in [2.05, 4.69) is 20.6 Å². The summed E-state index contributed by atoms with van der Waals surface area (Å²) in [6, 6.07) is 17.8. The lowest BCUT2D eigenvalue weighted by molar-refractivity contribution is 0.101. The van der Waals surface area contributed by atoms with Gasteiger partial charge in [0.15, 0.2) is 0 Å². The minimum Gasteiger partial charge on any atom is -0.424 e. The Labute approximate surface area is 195 Å². The molecule has 34 heavy (non-hydrogen) atoms. The lowest BCUT2D eigenvalue weighted by Crippen LogP contribution is -2.16. The Morgan fingerprint density at radius 2 is 1.53 bits per heavy atom. The summed E-state index contributed by atoms with van der Waals surface area (Å²) < 4.78 is 19.6. The van der Waals surface area contributed by atoms with Crippen molar-refractivity contribution in [2.75, 3.05) is 10.6 Å². The van der Waals surface area contributed by atoms with Crippen LogP contribution in [-0.2, 0) is 0 Å². The molecule has 2 N–H and O–H groups in total. The Bertz CT molecular complexity index is 1360. The fourth-order valence-electron chi connectivity index (χ4n) is 3.21. The van der Waals surface area contributed by atoms with Crippen LogP contribution in [0.25, 0.3) is 0 Å². The predicted octanol–water partition coefficient (Wildman–Crippen LogP) is 5.53. The van der Waals surface area contributed by atoms with E-state index in [0.29, 0.717) is 22.7 Å². The molecule has 0 atom stereocenters. The number of aromatic nitrogens is 2. The molecule has 0 aliphatic rings. The third-order valence-electron chi connectivity index (χ3n) is 5.06. The van der Waals surface area contributed by atoms with Gasteiger partial charge in [0.2, 0.25) is 0 Å². The number of ether oxygens (including phenoxy) is 1. The highest BCUT2D eigenvalue weighted by Gasteiger charge is 2.15. The Morgan fingerprint density at radius 3 is 2.26 bits per heavy atom. The third kappa shape index (κ3) is 5.24. The van der Waals surface area contributed by atoms with Crippen molar-refractivity contribution in [1.82, 2.24) is 9.97 Å². The van der Waals surface area contributed by atoms with Crippen molar-refractivity contribution in [2.24, 2.45) is 0 Å². The minimum absolute atomic E-state index is 0.0735. The van der Waals surface area contributed by atoms with Gasteiger partial charge >= 0.3 is 6.01 Å². The number of benzene rings is 3. The van der Waals surface area contributed by atoms with Crippen molar-refractivity contribution in [3.8, 4) is 11.8 Å². The van der Waals surface area contributed by atoms with Gasteiger partial charge in [0.1, 0.15) is 11.6 Å². The number of nitrogens with one attached hydrogen (secondary N) is 2. The SMILES string of the molecule is Cc1cc(Oc2ncccn2)ccc1NC(=O)c1ccc(C)c(NC(=O)c2ccccc2F)c1. The standard InChI is InChI=1S/C26H21FN4O3/c1-16-8-9-18(15-23(16)31-25(33)20-6-3-4-7-21(20)27)24(32)30-22-11-10-19(14-17(22)2)34-26-28-12-5-13-29-26/h3-15H,1-2H3,(H,30,32)(H,31,33). The van der Waals surface area contributed by atoms with Crippen molar-refractivity contribution < 1.29 is 18.7 Å². The summed E-state index contributed by atoms with van der Waals surface area (Å²) in [5.41, 5.74) is 2.81. The van der Waals surface area contributed by atoms with Gasteiger partial charge in [0.05, 0.1) is 5.56 Å². The maximum atomic E-state index is 13.9. The number of hydrogen-bond donors (Lipinski definition) is 2. The highest BCUT2D eigenvalue weighted by molar-refractivity contribution is 6.08. The molecule has 0 spiro atoms. The van der Waals surface area contributed by atoms with Crippen LogP contribution in [0.5, 0.6) is 11.8 Å². The number of carbonyl (C=O) groups is 2. The van der Waals surface area contributed by atoms with Crippen molar-refractivity contribution in [3.63, 3.8) is 0 Å². The molecule has 0 radical (unpaired) electrons. The lowest BCUT2D eigenvalue weighted by Gasteiger charge is -2.13. The van der Waals surface area contributed by atoms with Gasteiger partial charge in [0, 0.05) is 29.3 Å². The minimum atomic E-state index is -0.617. The quantitative estimate of drug-likeness (QED) is 0.398. The first-order valence-electron chi connectivity index (χ1n) is 10.4. The predicted molar refractivity (Wildman–Crippen MR) is 127 cm³/mol. The van der Waals surface area contributed by atoms with E-state index in [-0.39, 0.29) is 17.5 Å². The van der Waals surface area contributed by atoms with Crippen LogP contribution in [0.4, 0.5) is 15.8 Å². The average Bonchev–Trinajstić information content (AvgIpc) is 2.83.